The molecule has 0 bridgehead atoms. The summed E-state index contributed by atoms with van der Waals surface area (Å²) in [5, 5.41) is 21.9. The fourth-order valence-electron chi connectivity index (χ4n) is 2.98. The first-order chi connectivity index (χ1) is 11.7. The van der Waals surface area contributed by atoms with Crippen molar-refractivity contribution in [3.8, 4) is 6.07 Å². The maximum Gasteiger partial charge on any atom is 0.128 e. The number of nitrogens with zero attached hydrogens (tertiary/aromatic N) is 2. The van der Waals surface area contributed by atoms with Gasteiger partial charge in [-0.3, -0.25) is 0 Å². The summed E-state index contributed by atoms with van der Waals surface area (Å²) in [4.78, 5) is 2.23. The molecule has 1 aliphatic rings. The van der Waals surface area contributed by atoms with Gasteiger partial charge in [0.1, 0.15) is 5.82 Å². The number of nitrogens with one attached hydrogen (secondary N) is 1. The topological polar surface area (TPSA) is 59.3 Å². The number of nitriles is 1. The Bertz CT molecular complexity index is 749. The zero-order chi connectivity index (χ0) is 16.9. The van der Waals surface area contributed by atoms with E-state index in [2.05, 4.69) is 10.2 Å². The van der Waals surface area contributed by atoms with Crippen molar-refractivity contribution in [3.63, 3.8) is 0 Å². The second-order valence-corrected chi connectivity index (χ2v) is 6.01. The summed E-state index contributed by atoms with van der Waals surface area (Å²) in [6.45, 7) is 1.92. The van der Waals surface area contributed by atoms with E-state index in [1.165, 1.54) is 12.1 Å². The second-order valence-electron chi connectivity index (χ2n) is 6.01. The van der Waals surface area contributed by atoms with E-state index in [4.69, 9.17) is 5.26 Å². The highest BCUT2D eigenvalue weighted by Crippen LogP contribution is 2.29. The van der Waals surface area contributed by atoms with Crippen molar-refractivity contribution in [2.75, 3.05) is 23.3 Å². The highest BCUT2D eigenvalue weighted by Gasteiger charge is 2.19. The Labute approximate surface area is 141 Å². The van der Waals surface area contributed by atoms with Crippen molar-refractivity contribution >= 4 is 11.4 Å². The van der Waals surface area contributed by atoms with Crippen molar-refractivity contribution in [1.82, 2.24) is 0 Å². The van der Waals surface area contributed by atoms with Crippen molar-refractivity contribution < 1.29 is 9.50 Å². The van der Waals surface area contributed by atoms with Gasteiger partial charge >= 0.3 is 0 Å². The van der Waals surface area contributed by atoms with Crippen LogP contribution in [0.1, 0.15) is 24.0 Å². The molecule has 5 heteroatoms. The molecular weight excluding hydrogens is 305 g/mol. The fraction of sp³-hybridized carbons (Fsp3) is 0.316. The lowest BCUT2D eigenvalue weighted by atomic mass is 10.1. The summed E-state index contributed by atoms with van der Waals surface area (Å²) in [6, 6.07) is 14.3. The lowest BCUT2D eigenvalue weighted by molar-refractivity contribution is 0.145. The van der Waals surface area contributed by atoms with Crippen LogP contribution in [-0.4, -0.2) is 24.3 Å². The lowest BCUT2D eigenvalue weighted by Gasteiger charge is -2.33. The van der Waals surface area contributed by atoms with Crippen LogP contribution in [0.2, 0.25) is 0 Å². The average Bonchev–Trinajstić information content (AvgIpc) is 2.62. The number of hydrogen-bond acceptors (Lipinski definition) is 4. The Morgan fingerprint density at radius 3 is 2.71 bits per heavy atom. The standard InChI is InChI=1S/C19H20FN3O/c20-17-6-5-14(12-21)11-15(17)13-22-18-3-1-2-4-19(18)23-9-7-16(24)8-10-23/h1-6,11,16,22,24H,7-10,13H2. The molecule has 0 unspecified atom stereocenters. The van der Waals surface area contributed by atoms with Gasteiger partial charge in [-0.25, -0.2) is 4.39 Å². The molecule has 1 saturated heterocycles. The van der Waals surface area contributed by atoms with Crippen LogP contribution in [0.15, 0.2) is 42.5 Å². The molecule has 0 spiro atoms. The van der Waals surface area contributed by atoms with Gasteiger partial charge in [-0.15, -0.1) is 0 Å². The number of rotatable bonds is 4. The van der Waals surface area contributed by atoms with Gasteiger partial charge in [0.15, 0.2) is 0 Å². The Morgan fingerprint density at radius 2 is 1.96 bits per heavy atom. The maximum absolute atomic E-state index is 13.9. The van der Waals surface area contributed by atoms with Gasteiger partial charge in [0.05, 0.1) is 29.1 Å². The number of halogens is 1. The largest absolute Gasteiger partial charge is 0.393 e. The van der Waals surface area contributed by atoms with Gasteiger partial charge < -0.3 is 15.3 Å². The van der Waals surface area contributed by atoms with Gasteiger partial charge in [-0.2, -0.15) is 5.26 Å². The maximum atomic E-state index is 13.9. The van der Waals surface area contributed by atoms with E-state index in [0.29, 0.717) is 17.7 Å². The van der Waals surface area contributed by atoms with Crippen LogP contribution in [0.3, 0.4) is 0 Å². The smallest absolute Gasteiger partial charge is 0.128 e. The first-order valence-electron chi connectivity index (χ1n) is 8.12. The molecule has 124 valence electrons. The van der Waals surface area contributed by atoms with Crippen molar-refractivity contribution in [2.45, 2.75) is 25.5 Å². The number of benzene rings is 2. The number of aliphatic hydroxyl groups is 1. The molecule has 4 nitrogen and oxygen atoms in total. The number of piperidine rings is 1. The molecule has 0 aliphatic carbocycles. The summed E-state index contributed by atoms with van der Waals surface area (Å²) in [5.41, 5.74) is 2.90. The first kappa shape index (κ1) is 16.3. The minimum absolute atomic E-state index is 0.218. The molecule has 0 amide bonds. The molecule has 2 N–H and O–H groups in total. The van der Waals surface area contributed by atoms with Crippen molar-refractivity contribution in [1.29, 1.82) is 5.26 Å². The third-order valence-electron chi connectivity index (χ3n) is 4.35. The van der Waals surface area contributed by atoms with Crippen LogP contribution in [0, 0.1) is 17.1 Å². The van der Waals surface area contributed by atoms with Gasteiger partial charge in [0, 0.05) is 25.2 Å². The monoisotopic (exact) mass is 325 g/mol. The molecule has 0 atom stereocenters. The van der Waals surface area contributed by atoms with Crippen LogP contribution in [-0.2, 0) is 6.54 Å². The quantitative estimate of drug-likeness (QED) is 0.906. The highest BCUT2D eigenvalue weighted by molar-refractivity contribution is 5.70. The van der Waals surface area contributed by atoms with Crippen LogP contribution in [0.5, 0.6) is 0 Å². The van der Waals surface area contributed by atoms with E-state index >= 15 is 0 Å². The normalized spacial score (nSPS) is 15.1. The number of hydrogen-bond donors (Lipinski definition) is 2. The van der Waals surface area contributed by atoms with Gasteiger partial charge in [0.25, 0.3) is 0 Å². The fourth-order valence-corrected chi connectivity index (χ4v) is 2.98. The van der Waals surface area contributed by atoms with Gasteiger partial charge in [-0.05, 0) is 43.2 Å². The Hall–Kier alpha value is -2.58. The van der Waals surface area contributed by atoms with Crippen LogP contribution >= 0.6 is 0 Å². The molecule has 3 rings (SSSR count). The number of anilines is 2. The first-order valence-corrected chi connectivity index (χ1v) is 8.12. The molecule has 1 heterocycles. The zero-order valence-electron chi connectivity index (χ0n) is 13.4. The molecule has 24 heavy (non-hydrogen) atoms. The SMILES string of the molecule is N#Cc1ccc(F)c(CNc2ccccc2N2CCC(O)CC2)c1. The van der Waals surface area contributed by atoms with E-state index in [0.717, 1.165) is 37.3 Å². The Kier molecular flexibility index (Phi) is 4.97. The van der Waals surface area contributed by atoms with Gasteiger partial charge in [0.2, 0.25) is 0 Å². The van der Waals surface area contributed by atoms with E-state index in [1.807, 2.05) is 30.3 Å². The minimum atomic E-state index is -0.319. The van der Waals surface area contributed by atoms with Crippen LogP contribution in [0.4, 0.5) is 15.8 Å². The highest BCUT2D eigenvalue weighted by atomic mass is 19.1. The second kappa shape index (κ2) is 7.33. The van der Waals surface area contributed by atoms with E-state index in [9.17, 15) is 9.50 Å². The summed E-state index contributed by atoms with van der Waals surface area (Å²) in [6.07, 6.45) is 1.30. The number of para-hydroxylation sites is 2. The zero-order valence-corrected chi connectivity index (χ0v) is 13.4. The van der Waals surface area contributed by atoms with Crippen molar-refractivity contribution in [3.05, 3.63) is 59.4 Å². The molecule has 0 saturated carbocycles. The summed E-state index contributed by atoms with van der Waals surface area (Å²) in [5.74, 6) is -0.319. The van der Waals surface area contributed by atoms with Crippen LogP contribution in [0.25, 0.3) is 0 Å². The Balaban J connectivity index is 1.75. The van der Waals surface area contributed by atoms with Gasteiger partial charge in [-0.1, -0.05) is 12.1 Å². The predicted octanol–water partition coefficient (Wildman–Crippen LogP) is 3.27. The molecular formula is C19H20FN3O. The summed E-state index contributed by atoms with van der Waals surface area (Å²) in [7, 11) is 0. The van der Waals surface area contributed by atoms with Crippen LogP contribution < -0.4 is 10.2 Å². The average molecular weight is 325 g/mol. The third-order valence-corrected chi connectivity index (χ3v) is 4.35. The number of aliphatic hydroxyl groups excluding tert-OH is 1. The molecule has 1 fully saturated rings. The molecule has 2 aromatic carbocycles. The van der Waals surface area contributed by atoms with Crippen molar-refractivity contribution in [2.24, 2.45) is 0 Å². The molecule has 2 aromatic rings. The minimum Gasteiger partial charge on any atom is -0.393 e. The lowest BCUT2D eigenvalue weighted by Crippen LogP contribution is -2.36. The predicted molar refractivity (Wildman–Crippen MR) is 92.3 cm³/mol. The summed E-state index contributed by atoms with van der Waals surface area (Å²) < 4.78 is 13.9. The van der Waals surface area contributed by atoms with E-state index in [-0.39, 0.29) is 11.9 Å². The molecule has 0 aromatic heterocycles. The third kappa shape index (κ3) is 3.66. The summed E-state index contributed by atoms with van der Waals surface area (Å²) >= 11 is 0. The van der Waals surface area contributed by atoms with E-state index < -0.39 is 0 Å². The molecule has 1 aliphatic heterocycles. The molecule has 0 radical (unpaired) electrons. The van der Waals surface area contributed by atoms with E-state index in [1.54, 1.807) is 6.07 Å². The Morgan fingerprint density at radius 1 is 1.21 bits per heavy atom.